The summed E-state index contributed by atoms with van der Waals surface area (Å²) in [6, 6.07) is 9.59. The first-order valence-electron chi connectivity index (χ1n) is 6.67. The van der Waals surface area contributed by atoms with Crippen LogP contribution in [0.1, 0.15) is 11.1 Å². The molecule has 2 aromatic rings. The van der Waals surface area contributed by atoms with Crippen LogP contribution in [0.2, 0.25) is 5.02 Å². The van der Waals surface area contributed by atoms with E-state index < -0.39 is 16.7 Å². The molecule has 3 rings (SSSR count). The SMILES string of the molecule is O=C1OC(c2cccc([N+](=O)[O-])c2)=N/C1=C\c1c(F)cccc1Cl. The number of carbonyl (C=O) groups excluding carboxylic acids is 1. The molecule has 0 atom stereocenters. The molecule has 0 bridgehead atoms. The van der Waals surface area contributed by atoms with Gasteiger partial charge in [0.2, 0.25) is 5.90 Å². The van der Waals surface area contributed by atoms with Gasteiger partial charge in [0.1, 0.15) is 5.82 Å². The topological polar surface area (TPSA) is 81.8 Å². The van der Waals surface area contributed by atoms with Crippen LogP contribution in [0, 0.1) is 15.9 Å². The normalized spacial score (nSPS) is 15.3. The molecule has 0 fully saturated rings. The largest absolute Gasteiger partial charge is 0.402 e. The number of non-ortho nitro benzene ring substituents is 1. The maximum atomic E-state index is 13.8. The van der Waals surface area contributed by atoms with E-state index in [2.05, 4.69) is 4.99 Å². The molecule has 8 heteroatoms. The van der Waals surface area contributed by atoms with Crippen molar-refractivity contribution in [2.75, 3.05) is 0 Å². The third-order valence-electron chi connectivity index (χ3n) is 3.21. The number of cyclic esters (lactones) is 1. The Kier molecular flexibility index (Phi) is 4.09. The average molecular weight is 347 g/mol. The Balaban J connectivity index is 2.01. The lowest BCUT2D eigenvalue weighted by molar-refractivity contribution is -0.384. The van der Waals surface area contributed by atoms with Gasteiger partial charge in [0, 0.05) is 23.3 Å². The lowest BCUT2D eigenvalue weighted by Gasteiger charge is -1.99. The van der Waals surface area contributed by atoms with Gasteiger partial charge < -0.3 is 4.74 Å². The van der Waals surface area contributed by atoms with E-state index in [1.807, 2.05) is 0 Å². The van der Waals surface area contributed by atoms with Crippen LogP contribution in [0.15, 0.2) is 53.2 Å². The van der Waals surface area contributed by atoms with Crippen LogP contribution in [0.25, 0.3) is 6.08 Å². The zero-order valence-electron chi connectivity index (χ0n) is 11.9. The van der Waals surface area contributed by atoms with Crippen molar-refractivity contribution >= 4 is 35.2 Å². The predicted molar refractivity (Wildman–Crippen MR) is 85.1 cm³/mol. The van der Waals surface area contributed by atoms with Gasteiger partial charge in [0.15, 0.2) is 5.70 Å². The number of nitro groups is 1. The van der Waals surface area contributed by atoms with Crippen LogP contribution in [-0.4, -0.2) is 16.8 Å². The van der Waals surface area contributed by atoms with Crippen molar-refractivity contribution < 1.29 is 18.8 Å². The fourth-order valence-electron chi connectivity index (χ4n) is 2.07. The van der Waals surface area contributed by atoms with Gasteiger partial charge in [-0.15, -0.1) is 0 Å². The van der Waals surface area contributed by atoms with E-state index in [0.717, 1.165) is 0 Å². The second-order valence-electron chi connectivity index (χ2n) is 4.78. The zero-order valence-corrected chi connectivity index (χ0v) is 12.7. The van der Waals surface area contributed by atoms with Crippen LogP contribution in [-0.2, 0) is 9.53 Å². The minimum atomic E-state index is -0.796. The number of benzene rings is 2. The van der Waals surface area contributed by atoms with Crippen molar-refractivity contribution in [2.45, 2.75) is 0 Å². The maximum absolute atomic E-state index is 13.8. The van der Waals surface area contributed by atoms with E-state index in [9.17, 15) is 19.3 Å². The number of nitro benzene ring substituents is 1. The monoisotopic (exact) mass is 346 g/mol. The quantitative estimate of drug-likeness (QED) is 0.367. The third-order valence-corrected chi connectivity index (χ3v) is 3.53. The van der Waals surface area contributed by atoms with Crippen molar-refractivity contribution in [3.8, 4) is 0 Å². The Morgan fingerprint density at radius 2 is 2.00 bits per heavy atom. The maximum Gasteiger partial charge on any atom is 0.363 e. The number of rotatable bonds is 3. The first kappa shape index (κ1) is 15.8. The summed E-state index contributed by atoms with van der Waals surface area (Å²) in [6.45, 7) is 0. The summed E-state index contributed by atoms with van der Waals surface area (Å²) in [4.78, 5) is 26.1. The van der Waals surface area contributed by atoms with E-state index in [-0.39, 0.29) is 33.4 Å². The molecule has 120 valence electrons. The van der Waals surface area contributed by atoms with Gasteiger partial charge in [-0.3, -0.25) is 10.1 Å². The molecular weight excluding hydrogens is 339 g/mol. The first-order valence-corrected chi connectivity index (χ1v) is 7.05. The molecule has 0 unspecified atom stereocenters. The minimum absolute atomic E-state index is 0.00941. The molecule has 0 spiro atoms. The Morgan fingerprint density at radius 1 is 1.25 bits per heavy atom. The van der Waals surface area contributed by atoms with Crippen molar-refractivity contribution in [1.82, 2.24) is 0 Å². The zero-order chi connectivity index (χ0) is 17.3. The molecule has 0 radical (unpaired) electrons. The Bertz CT molecular complexity index is 904. The Morgan fingerprint density at radius 3 is 2.71 bits per heavy atom. The molecule has 0 amide bonds. The number of halogens is 2. The molecule has 2 aromatic carbocycles. The summed E-state index contributed by atoms with van der Waals surface area (Å²) in [5, 5.41) is 10.9. The highest BCUT2D eigenvalue weighted by atomic mass is 35.5. The number of aliphatic imine (C=N–C) groups is 1. The summed E-state index contributed by atoms with van der Waals surface area (Å²) in [7, 11) is 0. The Hall–Kier alpha value is -3.06. The van der Waals surface area contributed by atoms with Crippen molar-refractivity contribution in [3.05, 3.63) is 80.2 Å². The summed E-state index contributed by atoms with van der Waals surface area (Å²) >= 11 is 5.90. The van der Waals surface area contributed by atoms with Crippen LogP contribution < -0.4 is 0 Å². The average Bonchev–Trinajstić information content (AvgIpc) is 2.92. The summed E-state index contributed by atoms with van der Waals surface area (Å²) < 4.78 is 18.8. The highest BCUT2D eigenvalue weighted by Crippen LogP contribution is 2.26. The van der Waals surface area contributed by atoms with Crippen molar-refractivity contribution in [2.24, 2.45) is 4.99 Å². The first-order chi connectivity index (χ1) is 11.5. The molecule has 24 heavy (non-hydrogen) atoms. The molecule has 0 saturated carbocycles. The van der Waals surface area contributed by atoms with E-state index in [4.69, 9.17) is 16.3 Å². The second kappa shape index (κ2) is 6.21. The minimum Gasteiger partial charge on any atom is -0.402 e. The van der Waals surface area contributed by atoms with E-state index >= 15 is 0 Å². The summed E-state index contributed by atoms with van der Waals surface area (Å²) in [5.41, 5.74) is -0.0416. The lowest BCUT2D eigenvalue weighted by Crippen LogP contribution is -2.05. The molecule has 1 aliphatic rings. The molecule has 0 aliphatic carbocycles. The standard InChI is InChI=1S/C16H8ClFN2O4/c17-12-5-2-6-13(18)11(12)8-14-16(21)24-15(19-14)9-3-1-4-10(7-9)20(22)23/h1-8H/b14-8-. The second-order valence-corrected chi connectivity index (χ2v) is 5.19. The van der Waals surface area contributed by atoms with Crippen LogP contribution >= 0.6 is 11.6 Å². The molecule has 1 aliphatic heterocycles. The fraction of sp³-hybridized carbons (Fsp3) is 0. The highest BCUT2D eigenvalue weighted by molar-refractivity contribution is 6.32. The molecule has 0 N–H and O–H groups in total. The van der Waals surface area contributed by atoms with Gasteiger partial charge in [-0.05, 0) is 24.3 Å². The number of hydrogen-bond acceptors (Lipinski definition) is 5. The fourth-order valence-corrected chi connectivity index (χ4v) is 2.29. The predicted octanol–water partition coefficient (Wildman–Crippen LogP) is 3.73. The van der Waals surface area contributed by atoms with Crippen LogP contribution in [0.5, 0.6) is 0 Å². The van der Waals surface area contributed by atoms with Gasteiger partial charge in [-0.25, -0.2) is 14.2 Å². The van der Waals surface area contributed by atoms with Crippen LogP contribution in [0.3, 0.4) is 0 Å². The molecule has 0 saturated heterocycles. The van der Waals surface area contributed by atoms with Gasteiger partial charge in [-0.2, -0.15) is 0 Å². The number of hydrogen-bond donors (Lipinski definition) is 0. The third kappa shape index (κ3) is 3.02. The number of nitrogens with zero attached hydrogens (tertiary/aromatic N) is 2. The number of carbonyl (C=O) groups is 1. The number of esters is 1. The highest BCUT2D eigenvalue weighted by Gasteiger charge is 2.25. The van der Waals surface area contributed by atoms with Crippen molar-refractivity contribution in [3.63, 3.8) is 0 Å². The van der Waals surface area contributed by atoms with Gasteiger partial charge in [-0.1, -0.05) is 23.7 Å². The lowest BCUT2D eigenvalue weighted by atomic mass is 10.2. The Labute approximate surface area is 140 Å². The van der Waals surface area contributed by atoms with Crippen LogP contribution in [0.4, 0.5) is 10.1 Å². The molecule has 1 heterocycles. The molecular formula is C16H8ClFN2O4. The van der Waals surface area contributed by atoms with E-state index in [1.54, 1.807) is 0 Å². The number of ether oxygens (including phenoxy) is 1. The molecule has 0 aromatic heterocycles. The molecule has 6 nitrogen and oxygen atoms in total. The summed E-state index contributed by atoms with van der Waals surface area (Å²) in [6.07, 6.45) is 1.17. The van der Waals surface area contributed by atoms with Gasteiger partial charge >= 0.3 is 5.97 Å². The smallest absolute Gasteiger partial charge is 0.363 e. The summed E-state index contributed by atoms with van der Waals surface area (Å²) in [5.74, 6) is -1.50. The van der Waals surface area contributed by atoms with E-state index in [1.165, 1.54) is 48.5 Å². The van der Waals surface area contributed by atoms with Gasteiger partial charge in [0.25, 0.3) is 5.69 Å². The van der Waals surface area contributed by atoms with Gasteiger partial charge in [0.05, 0.1) is 9.95 Å². The van der Waals surface area contributed by atoms with E-state index in [0.29, 0.717) is 0 Å². The van der Waals surface area contributed by atoms with Crippen molar-refractivity contribution in [1.29, 1.82) is 0 Å².